The van der Waals surface area contributed by atoms with Crippen molar-refractivity contribution >= 4 is 17.6 Å². The summed E-state index contributed by atoms with van der Waals surface area (Å²) in [7, 11) is 0. The number of anilines is 1. The molecule has 0 fully saturated rings. The van der Waals surface area contributed by atoms with Crippen LogP contribution in [0, 0.1) is 11.3 Å². The van der Waals surface area contributed by atoms with Crippen LogP contribution in [-0.4, -0.2) is 25.0 Å². The smallest absolute Gasteiger partial charge is 0.410 e. The molecule has 0 saturated carbocycles. The topological polar surface area (TPSA) is 86.5 Å². The second-order valence-corrected chi connectivity index (χ2v) is 4.89. The number of hydrogen-bond acceptors (Lipinski definition) is 5. The fourth-order valence-electron chi connectivity index (χ4n) is 2.15. The van der Waals surface area contributed by atoms with E-state index >= 15 is 0 Å². The van der Waals surface area contributed by atoms with Crippen LogP contribution in [0.15, 0.2) is 53.5 Å². The first-order valence-corrected chi connectivity index (χ1v) is 7.12. The number of benzene rings is 2. The Hall–Kier alpha value is -3.33. The summed E-state index contributed by atoms with van der Waals surface area (Å²) in [5, 5.41) is 14.5. The van der Waals surface area contributed by atoms with Crippen molar-refractivity contribution in [1.29, 1.82) is 5.26 Å². The van der Waals surface area contributed by atoms with Crippen LogP contribution in [0.4, 0.5) is 10.5 Å². The Morgan fingerprint density at radius 2 is 1.91 bits per heavy atom. The standard InChI is InChI=1S/C17H14N4O2/c18-11-12-1-5-14(6-2-12)21-17(22)23-15-7-3-13(4-8-15)16-19-9-10-20-16/h1-8H,9-10H2,(H,19,20)(H,21,22). The number of rotatable bonds is 3. The molecule has 23 heavy (non-hydrogen) atoms. The molecule has 1 aliphatic heterocycles. The first-order valence-electron chi connectivity index (χ1n) is 7.12. The predicted octanol–water partition coefficient (Wildman–Crippen LogP) is 2.52. The average molecular weight is 306 g/mol. The molecular weight excluding hydrogens is 292 g/mol. The molecule has 0 spiro atoms. The van der Waals surface area contributed by atoms with Crippen molar-refractivity contribution < 1.29 is 9.53 Å². The Balaban J connectivity index is 1.60. The van der Waals surface area contributed by atoms with Gasteiger partial charge in [0.1, 0.15) is 11.6 Å². The van der Waals surface area contributed by atoms with Crippen LogP contribution in [0.1, 0.15) is 11.1 Å². The quantitative estimate of drug-likeness (QED) is 0.912. The summed E-state index contributed by atoms with van der Waals surface area (Å²) in [6.45, 7) is 1.63. The molecule has 2 aromatic carbocycles. The van der Waals surface area contributed by atoms with E-state index in [1.54, 1.807) is 36.4 Å². The van der Waals surface area contributed by atoms with Gasteiger partial charge in [0.25, 0.3) is 0 Å². The number of aliphatic imine (C=N–C) groups is 1. The van der Waals surface area contributed by atoms with Crippen molar-refractivity contribution in [1.82, 2.24) is 5.32 Å². The number of carbonyl (C=O) groups excluding carboxylic acids is 1. The average Bonchev–Trinajstić information content (AvgIpc) is 3.11. The van der Waals surface area contributed by atoms with Crippen molar-refractivity contribution in [3.8, 4) is 11.8 Å². The third-order valence-corrected chi connectivity index (χ3v) is 3.27. The highest BCUT2D eigenvalue weighted by Crippen LogP contribution is 2.15. The third kappa shape index (κ3) is 3.66. The number of ether oxygens (including phenoxy) is 1. The van der Waals surface area contributed by atoms with Gasteiger partial charge in [-0.05, 0) is 48.5 Å². The number of nitrogens with zero attached hydrogens (tertiary/aromatic N) is 2. The van der Waals surface area contributed by atoms with Gasteiger partial charge in [0.2, 0.25) is 0 Å². The summed E-state index contributed by atoms with van der Waals surface area (Å²) < 4.78 is 5.22. The molecule has 1 aliphatic rings. The molecule has 2 aromatic rings. The molecule has 2 N–H and O–H groups in total. The van der Waals surface area contributed by atoms with E-state index < -0.39 is 6.09 Å². The van der Waals surface area contributed by atoms with Gasteiger partial charge < -0.3 is 10.1 Å². The zero-order chi connectivity index (χ0) is 16.1. The largest absolute Gasteiger partial charge is 0.417 e. The van der Waals surface area contributed by atoms with E-state index in [-0.39, 0.29) is 0 Å². The number of amides is 1. The highest BCUT2D eigenvalue weighted by molar-refractivity contribution is 5.99. The van der Waals surface area contributed by atoms with E-state index in [0.717, 1.165) is 24.5 Å². The van der Waals surface area contributed by atoms with Crippen molar-refractivity contribution in [2.24, 2.45) is 4.99 Å². The van der Waals surface area contributed by atoms with Gasteiger partial charge >= 0.3 is 6.09 Å². The van der Waals surface area contributed by atoms with Gasteiger partial charge in [-0.1, -0.05) is 0 Å². The first-order chi connectivity index (χ1) is 11.2. The lowest BCUT2D eigenvalue weighted by atomic mass is 10.2. The Kier molecular flexibility index (Phi) is 4.20. The lowest BCUT2D eigenvalue weighted by Crippen LogP contribution is -2.19. The molecular formula is C17H14N4O2. The van der Waals surface area contributed by atoms with Crippen LogP contribution in [0.5, 0.6) is 5.75 Å². The van der Waals surface area contributed by atoms with Crippen LogP contribution >= 0.6 is 0 Å². The SMILES string of the molecule is N#Cc1ccc(NC(=O)Oc2ccc(C3=NCCN3)cc2)cc1. The predicted molar refractivity (Wildman–Crippen MR) is 86.7 cm³/mol. The van der Waals surface area contributed by atoms with Crippen LogP contribution < -0.4 is 15.4 Å². The summed E-state index contributed by atoms with van der Waals surface area (Å²) in [6.07, 6.45) is -0.584. The second-order valence-electron chi connectivity index (χ2n) is 4.89. The Morgan fingerprint density at radius 3 is 2.52 bits per heavy atom. The molecule has 0 saturated heterocycles. The van der Waals surface area contributed by atoms with Gasteiger partial charge in [0.05, 0.1) is 18.2 Å². The van der Waals surface area contributed by atoms with E-state index in [4.69, 9.17) is 10.00 Å². The summed E-state index contributed by atoms with van der Waals surface area (Å²) in [5.41, 5.74) is 2.06. The molecule has 1 heterocycles. The van der Waals surface area contributed by atoms with E-state index in [2.05, 4.69) is 15.6 Å². The molecule has 1 amide bonds. The molecule has 0 atom stereocenters. The monoisotopic (exact) mass is 306 g/mol. The maximum absolute atomic E-state index is 11.8. The molecule has 114 valence electrons. The van der Waals surface area contributed by atoms with Crippen LogP contribution in [0.2, 0.25) is 0 Å². The summed E-state index contributed by atoms with van der Waals surface area (Å²) >= 11 is 0. The summed E-state index contributed by atoms with van der Waals surface area (Å²) in [6, 6.07) is 15.7. The number of hydrogen-bond donors (Lipinski definition) is 2. The van der Waals surface area contributed by atoms with Crippen molar-refractivity contribution in [3.63, 3.8) is 0 Å². The minimum absolute atomic E-state index is 0.443. The van der Waals surface area contributed by atoms with Gasteiger partial charge in [-0.3, -0.25) is 10.3 Å². The van der Waals surface area contributed by atoms with Crippen LogP contribution in [0.3, 0.4) is 0 Å². The van der Waals surface area contributed by atoms with E-state index in [0.29, 0.717) is 17.0 Å². The second kappa shape index (κ2) is 6.62. The van der Waals surface area contributed by atoms with E-state index in [1.807, 2.05) is 18.2 Å². The van der Waals surface area contributed by atoms with E-state index in [9.17, 15) is 4.79 Å². The van der Waals surface area contributed by atoms with Crippen molar-refractivity contribution in [2.45, 2.75) is 0 Å². The molecule has 0 aliphatic carbocycles. The zero-order valence-corrected chi connectivity index (χ0v) is 12.2. The maximum atomic E-state index is 11.8. The first kappa shape index (κ1) is 14.6. The Morgan fingerprint density at radius 1 is 1.17 bits per heavy atom. The molecule has 0 radical (unpaired) electrons. The fraction of sp³-hybridized carbons (Fsp3) is 0.118. The molecule has 6 heteroatoms. The van der Waals surface area contributed by atoms with Gasteiger partial charge in [0.15, 0.2) is 0 Å². The molecule has 0 aromatic heterocycles. The number of amidine groups is 1. The molecule has 6 nitrogen and oxygen atoms in total. The lowest BCUT2D eigenvalue weighted by Gasteiger charge is -2.08. The lowest BCUT2D eigenvalue weighted by molar-refractivity contribution is 0.215. The number of carbonyl (C=O) groups is 1. The van der Waals surface area contributed by atoms with Gasteiger partial charge in [0, 0.05) is 17.8 Å². The number of nitriles is 1. The van der Waals surface area contributed by atoms with Crippen LogP contribution in [-0.2, 0) is 0 Å². The highest BCUT2D eigenvalue weighted by atomic mass is 16.6. The zero-order valence-electron chi connectivity index (χ0n) is 12.2. The highest BCUT2D eigenvalue weighted by Gasteiger charge is 2.09. The van der Waals surface area contributed by atoms with Gasteiger partial charge in [-0.2, -0.15) is 5.26 Å². The Bertz CT molecular complexity index is 774. The van der Waals surface area contributed by atoms with Gasteiger partial charge in [-0.15, -0.1) is 0 Å². The summed E-state index contributed by atoms with van der Waals surface area (Å²) in [5.74, 6) is 1.30. The van der Waals surface area contributed by atoms with Crippen molar-refractivity contribution in [2.75, 3.05) is 18.4 Å². The molecule has 0 unspecified atom stereocenters. The van der Waals surface area contributed by atoms with Crippen molar-refractivity contribution in [3.05, 3.63) is 59.7 Å². The third-order valence-electron chi connectivity index (χ3n) is 3.27. The minimum Gasteiger partial charge on any atom is -0.410 e. The Labute approximate surface area is 133 Å². The van der Waals surface area contributed by atoms with Gasteiger partial charge in [-0.25, -0.2) is 4.79 Å². The normalized spacial score (nSPS) is 12.7. The van der Waals surface area contributed by atoms with Crippen LogP contribution in [0.25, 0.3) is 0 Å². The number of nitrogens with one attached hydrogen (secondary N) is 2. The maximum Gasteiger partial charge on any atom is 0.417 e. The molecule has 3 rings (SSSR count). The molecule has 0 bridgehead atoms. The fourth-order valence-corrected chi connectivity index (χ4v) is 2.15. The summed E-state index contributed by atoms with van der Waals surface area (Å²) in [4.78, 5) is 16.2. The van der Waals surface area contributed by atoms with E-state index in [1.165, 1.54) is 0 Å². The minimum atomic E-state index is -0.584.